The molecule has 1 aromatic rings. The molecule has 2 atom stereocenters. The molecule has 2 N–H and O–H groups in total. The minimum atomic E-state index is -4.80. The van der Waals surface area contributed by atoms with Gasteiger partial charge in [-0.15, -0.1) is 13.2 Å². The van der Waals surface area contributed by atoms with Gasteiger partial charge in [-0.1, -0.05) is 12.1 Å². The number of aliphatic hydroxyl groups is 1. The van der Waals surface area contributed by atoms with E-state index in [1.54, 1.807) is 6.92 Å². The highest BCUT2D eigenvalue weighted by Crippen LogP contribution is 2.49. The summed E-state index contributed by atoms with van der Waals surface area (Å²) in [5, 5.41) is 12.6. The number of carbonyl (C=O) groups is 1. The highest BCUT2D eigenvalue weighted by Gasteiger charge is 2.58. The van der Waals surface area contributed by atoms with Crippen molar-refractivity contribution in [1.82, 2.24) is 5.32 Å². The van der Waals surface area contributed by atoms with E-state index < -0.39 is 41.8 Å². The van der Waals surface area contributed by atoms with Crippen LogP contribution in [0.1, 0.15) is 44.7 Å². The van der Waals surface area contributed by atoms with Crippen LogP contribution in [0.3, 0.4) is 0 Å². The number of ether oxygens (including phenoxy) is 1. The van der Waals surface area contributed by atoms with Gasteiger partial charge in [0.2, 0.25) is 5.91 Å². The van der Waals surface area contributed by atoms with Gasteiger partial charge >= 0.3 is 6.36 Å². The summed E-state index contributed by atoms with van der Waals surface area (Å²) < 4.78 is 54.5. The van der Waals surface area contributed by atoms with E-state index in [0.717, 1.165) is 12.1 Å². The van der Waals surface area contributed by atoms with Crippen molar-refractivity contribution in [3.63, 3.8) is 0 Å². The van der Waals surface area contributed by atoms with Crippen LogP contribution in [-0.2, 0) is 4.79 Å². The number of halogens is 4. The van der Waals surface area contributed by atoms with E-state index >= 15 is 0 Å². The van der Waals surface area contributed by atoms with E-state index in [0.29, 0.717) is 5.56 Å². The van der Waals surface area contributed by atoms with Gasteiger partial charge in [-0.3, -0.25) is 4.79 Å². The molecule has 134 valence electrons. The van der Waals surface area contributed by atoms with Gasteiger partial charge in [-0.05, 0) is 44.4 Å². The molecule has 1 saturated carbocycles. The van der Waals surface area contributed by atoms with Gasteiger partial charge in [0.1, 0.15) is 17.0 Å². The lowest BCUT2D eigenvalue weighted by molar-refractivity contribution is -0.274. The number of rotatable bonds is 6. The first kappa shape index (κ1) is 18.5. The summed E-state index contributed by atoms with van der Waals surface area (Å²) in [6, 6.07) is 4.59. The predicted molar refractivity (Wildman–Crippen MR) is 78.0 cm³/mol. The van der Waals surface area contributed by atoms with Crippen LogP contribution in [-0.4, -0.2) is 28.6 Å². The first-order valence-electron chi connectivity index (χ1n) is 7.48. The van der Waals surface area contributed by atoms with Gasteiger partial charge in [0.25, 0.3) is 0 Å². The zero-order chi connectivity index (χ0) is 18.2. The molecule has 1 aromatic carbocycles. The molecule has 1 aliphatic rings. The van der Waals surface area contributed by atoms with Crippen molar-refractivity contribution in [2.24, 2.45) is 0 Å². The highest BCUT2D eigenvalue weighted by atomic mass is 19.4. The monoisotopic (exact) mass is 349 g/mol. The van der Waals surface area contributed by atoms with Crippen LogP contribution in [0.4, 0.5) is 17.6 Å². The quantitative estimate of drug-likeness (QED) is 0.774. The third-order valence-electron chi connectivity index (χ3n) is 4.13. The molecule has 0 saturated heterocycles. The molecular weight excluding hydrogens is 330 g/mol. The Morgan fingerprint density at radius 3 is 2.58 bits per heavy atom. The van der Waals surface area contributed by atoms with Crippen LogP contribution in [0, 0.1) is 0 Å². The van der Waals surface area contributed by atoms with Crippen molar-refractivity contribution >= 4 is 5.91 Å². The van der Waals surface area contributed by atoms with E-state index in [2.05, 4.69) is 10.1 Å². The Morgan fingerprint density at radius 2 is 2.04 bits per heavy atom. The summed E-state index contributed by atoms with van der Waals surface area (Å²) in [4.78, 5) is 12.0. The number of alkyl halides is 4. The van der Waals surface area contributed by atoms with Gasteiger partial charge in [-0.25, -0.2) is 4.39 Å². The fraction of sp³-hybridized carbons (Fsp3) is 0.562. The number of nitrogens with one attached hydrogen (secondary N) is 1. The Bertz CT molecular complexity index is 612. The fourth-order valence-corrected chi connectivity index (χ4v) is 2.48. The lowest BCUT2D eigenvalue weighted by Gasteiger charge is -2.27. The standard InChI is InChI=1S/C16H19F4NO3/c1-10(11-4-3-5-12(8-11)24-16(18,19)20)21-13(22)9-14(2,23)15(17)6-7-15/h3-5,8,10,23H,6-7,9H2,1-2H3,(H,21,22). The van der Waals surface area contributed by atoms with Crippen molar-refractivity contribution in [2.75, 3.05) is 0 Å². The zero-order valence-electron chi connectivity index (χ0n) is 13.3. The van der Waals surface area contributed by atoms with Crippen molar-refractivity contribution in [3.8, 4) is 5.75 Å². The topological polar surface area (TPSA) is 58.6 Å². The van der Waals surface area contributed by atoms with Crippen LogP contribution in [0.5, 0.6) is 5.75 Å². The Hall–Kier alpha value is -1.83. The van der Waals surface area contributed by atoms with Crippen LogP contribution in [0.15, 0.2) is 24.3 Å². The van der Waals surface area contributed by atoms with E-state index in [9.17, 15) is 27.5 Å². The summed E-state index contributed by atoms with van der Waals surface area (Å²) >= 11 is 0. The van der Waals surface area contributed by atoms with Crippen LogP contribution < -0.4 is 10.1 Å². The average Bonchev–Trinajstić information content (AvgIpc) is 3.16. The molecular formula is C16H19F4NO3. The minimum absolute atomic E-state index is 0.208. The van der Waals surface area contributed by atoms with E-state index in [1.165, 1.54) is 19.1 Å². The molecule has 0 bridgehead atoms. The SMILES string of the molecule is CC(NC(=O)CC(C)(O)C1(F)CC1)c1cccc(OC(F)(F)F)c1. The second-order valence-corrected chi connectivity index (χ2v) is 6.33. The molecule has 1 fully saturated rings. The highest BCUT2D eigenvalue weighted by molar-refractivity contribution is 5.77. The van der Waals surface area contributed by atoms with Gasteiger partial charge in [0.15, 0.2) is 0 Å². The van der Waals surface area contributed by atoms with E-state index in [4.69, 9.17) is 0 Å². The van der Waals surface area contributed by atoms with Crippen molar-refractivity contribution < 1.29 is 32.2 Å². The second kappa shape index (κ2) is 6.23. The van der Waals surface area contributed by atoms with Crippen molar-refractivity contribution in [1.29, 1.82) is 0 Å². The Kier molecular flexibility index (Phi) is 4.81. The van der Waals surface area contributed by atoms with Crippen molar-refractivity contribution in [3.05, 3.63) is 29.8 Å². The first-order chi connectivity index (χ1) is 10.9. The molecule has 0 heterocycles. The molecule has 1 aliphatic carbocycles. The Labute approximate surface area is 136 Å². The number of hydrogen-bond donors (Lipinski definition) is 2. The molecule has 2 unspecified atom stereocenters. The lowest BCUT2D eigenvalue weighted by atomic mass is 9.93. The largest absolute Gasteiger partial charge is 0.573 e. The molecule has 0 aromatic heterocycles. The fourth-order valence-electron chi connectivity index (χ4n) is 2.48. The summed E-state index contributed by atoms with van der Waals surface area (Å²) in [6.45, 7) is 2.84. The summed E-state index contributed by atoms with van der Waals surface area (Å²) in [5.41, 5.74) is -3.11. The Balaban J connectivity index is 1.98. The van der Waals surface area contributed by atoms with Gasteiger partial charge in [-0.2, -0.15) is 0 Å². The summed E-state index contributed by atoms with van der Waals surface area (Å²) in [5.74, 6) is -0.979. The molecule has 2 rings (SSSR count). The van der Waals surface area contributed by atoms with E-state index in [-0.39, 0.29) is 12.8 Å². The molecule has 4 nitrogen and oxygen atoms in total. The van der Waals surface area contributed by atoms with Gasteiger partial charge in [0.05, 0.1) is 12.5 Å². The molecule has 0 spiro atoms. The predicted octanol–water partition coefficient (Wildman–Crippen LogP) is 3.41. The van der Waals surface area contributed by atoms with Crippen LogP contribution in [0.2, 0.25) is 0 Å². The first-order valence-corrected chi connectivity index (χ1v) is 7.48. The number of carbonyl (C=O) groups excluding carboxylic acids is 1. The molecule has 8 heteroatoms. The molecule has 24 heavy (non-hydrogen) atoms. The zero-order valence-corrected chi connectivity index (χ0v) is 13.3. The Morgan fingerprint density at radius 1 is 1.42 bits per heavy atom. The molecule has 1 amide bonds. The number of benzene rings is 1. The average molecular weight is 349 g/mol. The lowest BCUT2D eigenvalue weighted by Crippen LogP contribution is -2.43. The summed E-state index contributed by atoms with van der Waals surface area (Å²) in [6.07, 6.45) is -4.81. The van der Waals surface area contributed by atoms with Gasteiger partial charge < -0.3 is 15.2 Å². The maximum Gasteiger partial charge on any atom is 0.573 e. The maximum atomic E-state index is 14.0. The smallest absolute Gasteiger partial charge is 0.406 e. The third kappa shape index (κ3) is 4.59. The maximum absolute atomic E-state index is 14.0. The molecule has 0 aliphatic heterocycles. The van der Waals surface area contributed by atoms with Gasteiger partial charge in [0, 0.05) is 0 Å². The molecule has 0 radical (unpaired) electrons. The van der Waals surface area contributed by atoms with Crippen molar-refractivity contribution in [2.45, 2.75) is 56.8 Å². The van der Waals surface area contributed by atoms with Crippen LogP contribution >= 0.6 is 0 Å². The minimum Gasteiger partial charge on any atom is -0.406 e. The normalized spacial score (nSPS) is 20.0. The number of hydrogen-bond acceptors (Lipinski definition) is 3. The number of amides is 1. The van der Waals surface area contributed by atoms with E-state index in [1.807, 2.05) is 0 Å². The second-order valence-electron chi connectivity index (χ2n) is 6.33. The summed E-state index contributed by atoms with van der Waals surface area (Å²) in [7, 11) is 0. The third-order valence-corrected chi connectivity index (χ3v) is 4.13. The van der Waals surface area contributed by atoms with Crippen LogP contribution in [0.25, 0.3) is 0 Å².